The second kappa shape index (κ2) is 7.59. The van der Waals surface area contributed by atoms with Crippen LogP contribution in [0.15, 0.2) is 0 Å². The standard InChI is InChI=1S/C10H16N4O4.ClH/c1-17-5(3-4-6(15)18-2)10-13-7(9(12)16)8(11)14-10;/h5H,3-4,11H2,1-2H3,(H2,12,16)(H,13,14);1H. The number of aromatic nitrogens is 2. The van der Waals surface area contributed by atoms with Crippen molar-refractivity contribution in [3.63, 3.8) is 0 Å². The number of imidazole rings is 1. The van der Waals surface area contributed by atoms with Crippen LogP contribution in [0.2, 0.25) is 0 Å². The number of esters is 1. The molecular weight excluding hydrogens is 276 g/mol. The molecule has 1 unspecified atom stereocenters. The number of hydrogen-bond acceptors (Lipinski definition) is 6. The van der Waals surface area contributed by atoms with Gasteiger partial charge in [0.05, 0.1) is 7.11 Å². The zero-order chi connectivity index (χ0) is 13.7. The van der Waals surface area contributed by atoms with Gasteiger partial charge in [0.15, 0.2) is 5.82 Å². The molecule has 0 fully saturated rings. The zero-order valence-corrected chi connectivity index (χ0v) is 11.5. The number of anilines is 1. The van der Waals surface area contributed by atoms with Crippen molar-refractivity contribution >= 4 is 30.1 Å². The molecule has 0 radical (unpaired) electrons. The van der Waals surface area contributed by atoms with Crippen molar-refractivity contribution in [2.75, 3.05) is 20.0 Å². The summed E-state index contributed by atoms with van der Waals surface area (Å²) in [6, 6.07) is 0. The molecule has 108 valence electrons. The number of nitrogen functional groups attached to an aromatic ring is 1. The third kappa shape index (κ3) is 4.42. The predicted molar refractivity (Wildman–Crippen MR) is 69.8 cm³/mol. The molecule has 5 N–H and O–H groups in total. The summed E-state index contributed by atoms with van der Waals surface area (Å²) in [5, 5.41) is 0. The van der Waals surface area contributed by atoms with Gasteiger partial charge in [-0.15, -0.1) is 12.4 Å². The van der Waals surface area contributed by atoms with Crippen molar-refractivity contribution < 1.29 is 19.1 Å². The van der Waals surface area contributed by atoms with Gasteiger partial charge in [-0.1, -0.05) is 0 Å². The molecule has 1 atom stereocenters. The van der Waals surface area contributed by atoms with Crippen molar-refractivity contribution in [3.8, 4) is 0 Å². The van der Waals surface area contributed by atoms with Crippen LogP contribution in [-0.2, 0) is 14.3 Å². The molecule has 1 aromatic rings. The summed E-state index contributed by atoms with van der Waals surface area (Å²) in [5.41, 5.74) is 10.7. The van der Waals surface area contributed by atoms with E-state index < -0.39 is 12.0 Å². The van der Waals surface area contributed by atoms with E-state index in [0.717, 1.165) is 0 Å². The van der Waals surface area contributed by atoms with Crippen LogP contribution in [0.25, 0.3) is 0 Å². The zero-order valence-electron chi connectivity index (χ0n) is 10.6. The van der Waals surface area contributed by atoms with Gasteiger partial charge in [-0.05, 0) is 6.42 Å². The van der Waals surface area contributed by atoms with Crippen LogP contribution in [0.3, 0.4) is 0 Å². The Morgan fingerprint density at radius 1 is 1.42 bits per heavy atom. The lowest BCUT2D eigenvalue weighted by atomic mass is 10.2. The van der Waals surface area contributed by atoms with Crippen molar-refractivity contribution in [1.82, 2.24) is 9.97 Å². The smallest absolute Gasteiger partial charge is 0.305 e. The molecular formula is C10H17ClN4O4. The van der Waals surface area contributed by atoms with Crippen LogP contribution in [0, 0.1) is 0 Å². The van der Waals surface area contributed by atoms with E-state index >= 15 is 0 Å². The molecule has 0 aromatic carbocycles. The van der Waals surface area contributed by atoms with E-state index in [1.165, 1.54) is 14.2 Å². The maximum Gasteiger partial charge on any atom is 0.305 e. The van der Waals surface area contributed by atoms with Gasteiger partial charge in [-0.3, -0.25) is 9.59 Å². The number of carbonyl (C=O) groups excluding carboxylic acids is 2. The van der Waals surface area contributed by atoms with Gasteiger partial charge in [0.25, 0.3) is 5.91 Å². The molecule has 9 heteroatoms. The normalized spacial score (nSPS) is 11.5. The first-order valence-electron chi connectivity index (χ1n) is 5.24. The average molecular weight is 293 g/mol. The maximum absolute atomic E-state index is 11.0. The van der Waals surface area contributed by atoms with Gasteiger partial charge < -0.3 is 25.9 Å². The van der Waals surface area contributed by atoms with E-state index in [1.54, 1.807) is 0 Å². The Morgan fingerprint density at radius 2 is 2.05 bits per heavy atom. The van der Waals surface area contributed by atoms with Crippen LogP contribution < -0.4 is 11.5 Å². The summed E-state index contributed by atoms with van der Waals surface area (Å²) in [7, 11) is 2.77. The Labute approximate surface area is 116 Å². The molecule has 0 aliphatic carbocycles. The second-order valence-electron chi connectivity index (χ2n) is 3.59. The average Bonchev–Trinajstić information content (AvgIpc) is 2.72. The monoisotopic (exact) mass is 292 g/mol. The number of rotatable bonds is 6. The minimum Gasteiger partial charge on any atom is -0.469 e. The number of hydrogen-bond donors (Lipinski definition) is 3. The van der Waals surface area contributed by atoms with Gasteiger partial charge in [-0.25, -0.2) is 4.98 Å². The molecule has 0 saturated heterocycles. The first kappa shape index (κ1) is 17.2. The summed E-state index contributed by atoms with van der Waals surface area (Å²) < 4.78 is 9.69. The summed E-state index contributed by atoms with van der Waals surface area (Å²) in [6.07, 6.45) is 0.0371. The molecule has 1 amide bonds. The van der Waals surface area contributed by atoms with Crippen molar-refractivity contribution in [3.05, 3.63) is 11.5 Å². The van der Waals surface area contributed by atoms with Crippen LogP contribution >= 0.6 is 12.4 Å². The molecule has 0 aliphatic rings. The SMILES string of the molecule is COC(=O)CCC(OC)c1nc(N)c(C(N)=O)[nH]1.Cl. The van der Waals surface area contributed by atoms with E-state index in [4.69, 9.17) is 16.2 Å². The predicted octanol–water partition coefficient (Wildman–Crippen LogP) is 0.153. The number of amides is 1. The second-order valence-corrected chi connectivity index (χ2v) is 3.59. The summed E-state index contributed by atoms with van der Waals surface area (Å²) in [5.74, 6) is -0.689. The maximum atomic E-state index is 11.0. The third-order valence-electron chi connectivity index (χ3n) is 2.42. The number of aromatic amines is 1. The van der Waals surface area contributed by atoms with Crippen molar-refractivity contribution in [2.45, 2.75) is 18.9 Å². The number of nitrogens with zero attached hydrogens (tertiary/aromatic N) is 1. The number of carbonyl (C=O) groups is 2. The topological polar surface area (TPSA) is 133 Å². The molecule has 8 nitrogen and oxygen atoms in total. The Hall–Kier alpha value is -1.80. The fourth-order valence-corrected chi connectivity index (χ4v) is 1.46. The quantitative estimate of drug-likeness (QED) is 0.639. The number of primary amides is 1. The molecule has 0 aliphatic heterocycles. The molecule has 19 heavy (non-hydrogen) atoms. The fourth-order valence-electron chi connectivity index (χ4n) is 1.46. The number of nitrogens with two attached hydrogens (primary N) is 2. The minimum absolute atomic E-state index is 0. The van der Waals surface area contributed by atoms with E-state index in [0.29, 0.717) is 12.2 Å². The molecule has 0 saturated carbocycles. The highest BCUT2D eigenvalue weighted by Gasteiger charge is 2.20. The molecule has 1 heterocycles. The molecule has 1 aromatic heterocycles. The van der Waals surface area contributed by atoms with E-state index in [9.17, 15) is 9.59 Å². The molecule has 0 bridgehead atoms. The highest BCUT2D eigenvalue weighted by Crippen LogP contribution is 2.21. The summed E-state index contributed by atoms with van der Waals surface area (Å²) in [4.78, 5) is 28.7. The fraction of sp³-hybridized carbons (Fsp3) is 0.500. The Kier molecular flexibility index (Phi) is 6.87. The number of halogens is 1. The van der Waals surface area contributed by atoms with Crippen LogP contribution in [-0.4, -0.2) is 36.1 Å². The van der Waals surface area contributed by atoms with Crippen LogP contribution in [0.1, 0.15) is 35.3 Å². The Bertz CT molecular complexity index is 449. The van der Waals surface area contributed by atoms with E-state index in [-0.39, 0.29) is 36.3 Å². The van der Waals surface area contributed by atoms with E-state index in [2.05, 4.69) is 14.7 Å². The van der Waals surface area contributed by atoms with Gasteiger partial charge in [0.1, 0.15) is 17.6 Å². The van der Waals surface area contributed by atoms with Crippen molar-refractivity contribution in [1.29, 1.82) is 0 Å². The van der Waals surface area contributed by atoms with Gasteiger partial charge >= 0.3 is 5.97 Å². The number of nitrogens with one attached hydrogen (secondary N) is 1. The lowest BCUT2D eigenvalue weighted by molar-refractivity contribution is -0.141. The van der Waals surface area contributed by atoms with Crippen LogP contribution in [0.5, 0.6) is 0 Å². The van der Waals surface area contributed by atoms with Crippen LogP contribution in [0.4, 0.5) is 5.82 Å². The van der Waals surface area contributed by atoms with Gasteiger partial charge in [0.2, 0.25) is 0 Å². The highest BCUT2D eigenvalue weighted by atomic mass is 35.5. The third-order valence-corrected chi connectivity index (χ3v) is 2.42. The number of H-pyrrole nitrogens is 1. The lowest BCUT2D eigenvalue weighted by Crippen LogP contribution is -2.14. The van der Waals surface area contributed by atoms with Gasteiger partial charge in [0, 0.05) is 13.5 Å². The molecule has 0 spiro atoms. The first-order chi connectivity index (χ1) is 8.49. The Morgan fingerprint density at radius 3 is 2.47 bits per heavy atom. The highest BCUT2D eigenvalue weighted by molar-refractivity contribution is 5.95. The van der Waals surface area contributed by atoms with E-state index in [1.807, 2.05) is 0 Å². The largest absolute Gasteiger partial charge is 0.469 e. The number of ether oxygens (including phenoxy) is 2. The van der Waals surface area contributed by atoms with Crippen molar-refractivity contribution in [2.24, 2.45) is 5.73 Å². The Balaban J connectivity index is 0.00000324. The summed E-state index contributed by atoms with van der Waals surface area (Å²) in [6.45, 7) is 0. The summed E-state index contributed by atoms with van der Waals surface area (Å²) >= 11 is 0. The lowest BCUT2D eigenvalue weighted by Gasteiger charge is -2.11. The molecule has 1 rings (SSSR count). The minimum atomic E-state index is -0.700. The number of methoxy groups -OCH3 is 2. The van der Waals surface area contributed by atoms with Gasteiger partial charge in [-0.2, -0.15) is 0 Å². The first-order valence-corrected chi connectivity index (χ1v) is 5.24.